The first kappa shape index (κ1) is 24.9. The van der Waals surface area contributed by atoms with E-state index in [1.54, 1.807) is 25.6 Å². The second-order valence-electron chi connectivity index (χ2n) is 8.79. The van der Waals surface area contributed by atoms with Crippen LogP contribution in [0, 0.1) is 5.82 Å². The molecule has 0 saturated heterocycles. The Bertz CT molecular complexity index is 1270. The third-order valence-electron chi connectivity index (χ3n) is 6.53. The molecule has 1 aromatic carbocycles. The van der Waals surface area contributed by atoms with Crippen molar-refractivity contribution in [3.8, 4) is 5.75 Å². The van der Waals surface area contributed by atoms with Gasteiger partial charge in [-0.3, -0.25) is 19.2 Å². The van der Waals surface area contributed by atoms with Crippen LogP contribution in [0.5, 0.6) is 5.75 Å². The highest BCUT2D eigenvalue weighted by Gasteiger charge is 2.52. The van der Waals surface area contributed by atoms with E-state index in [0.29, 0.717) is 19.4 Å². The molecular weight excluding hydrogens is 481 g/mol. The number of likely N-dealkylation sites (N-methyl/N-ethyl adjacent to an activating group) is 1. The van der Waals surface area contributed by atoms with E-state index < -0.39 is 40.3 Å². The molecule has 2 aromatic rings. The fourth-order valence-electron chi connectivity index (χ4n) is 4.61. The summed E-state index contributed by atoms with van der Waals surface area (Å²) in [5.41, 5.74) is -1.81. The number of nitrogens with one attached hydrogen (secondary N) is 1. The topological polar surface area (TPSA) is 107 Å². The van der Waals surface area contributed by atoms with Crippen molar-refractivity contribution in [1.82, 2.24) is 14.8 Å². The number of carbonyl (C=O) groups excluding carboxylic acids is 3. The quantitative estimate of drug-likeness (QED) is 0.604. The highest BCUT2D eigenvalue weighted by atomic mass is 35.5. The SMILES string of the molecule is CCC(=O)Oc1c2n(cc(C(=O)NCc3cccc(Cl)c3F)c1=O)[C@]1(CN(C)C2=O)C[C@@H](OC)C1. The molecule has 2 heterocycles. The summed E-state index contributed by atoms with van der Waals surface area (Å²) < 4.78 is 26.5. The van der Waals surface area contributed by atoms with Crippen molar-refractivity contribution < 1.29 is 28.2 Å². The van der Waals surface area contributed by atoms with Gasteiger partial charge in [-0.25, -0.2) is 4.39 Å². The Hall–Kier alpha value is -3.24. The first-order valence-electron chi connectivity index (χ1n) is 11.1. The molecule has 4 rings (SSSR count). The maximum absolute atomic E-state index is 14.2. The zero-order valence-corrected chi connectivity index (χ0v) is 20.3. The molecule has 9 nitrogen and oxygen atoms in total. The number of benzene rings is 1. The molecule has 2 aliphatic rings. The average Bonchev–Trinajstić information content (AvgIpc) is 2.81. The fourth-order valence-corrected chi connectivity index (χ4v) is 4.81. The van der Waals surface area contributed by atoms with Crippen molar-refractivity contribution in [3.05, 3.63) is 62.3 Å². The number of methoxy groups -OCH3 is 1. The average molecular weight is 506 g/mol. The molecule has 1 aliphatic heterocycles. The number of pyridine rings is 1. The summed E-state index contributed by atoms with van der Waals surface area (Å²) in [5, 5.41) is 2.42. The highest BCUT2D eigenvalue weighted by molar-refractivity contribution is 6.30. The van der Waals surface area contributed by atoms with Crippen molar-refractivity contribution in [2.45, 2.75) is 44.4 Å². The summed E-state index contributed by atoms with van der Waals surface area (Å²) in [7, 11) is 3.19. The molecule has 1 spiro atoms. The van der Waals surface area contributed by atoms with E-state index in [1.165, 1.54) is 29.3 Å². The molecular formula is C24H25ClFN3O6. The number of halogens is 2. The van der Waals surface area contributed by atoms with Gasteiger partial charge >= 0.3 is 5.97 Å². The number of fused-ring (bicyclic) bond motifs is 2. The minimum atomic E-state index is -0.900. The molecule has 0 radical (unpaired) electrons. The Morgan fingerprint density at radius 3 is 2.66 bits per heavy atom. The standard InChI is InChI=1S/C24H25ClFN3O6/c1-4-17(30)35-21-19-23(33)28(2)12-24(8-14(9-24)34-3)29(19)11-15(20(21)31)22(32)27-10-13-6-5-7-16(25)18(13)26/h5-7,11,14H,4,8-10,12H2,1-3H3,(H,27,32)/t14-,24-. The van der Waals surface area contributed by atoms with Crippen LogP contribution in [-0.2, 0) is 21.6 Å². The lowest BCUT2D eigenvalue weighted by molar-refractivity contribution is -0.134. The van der Waals surface area contributed by atoms with Gasteiger partial charge in [0, 0.05) is 45.4 Å². The van der Waals surface area contributed by atoms with Gasteiger partial charge in [0.25, 0.3) is 11.8 Å². The third kappa shape index (κ3) is 4.32. The molecule has 1 aromatic heterocycles. The van der Waals surface area contributed by atoms with Crippen LogP contribution in [0.3, 0.4) is 0 Å². The molecule has 2 amide bonds. The summed E-state index contributed by atoms with van der Waals surface area (Å²) in [6, 6.07) is 4.38. The van der Waals surface area contributed by atoms with Crippen molar-refractivity contribution in [1.29, 1.82) is 0 Å². The zero-order valence-electron chi connectivity index (χ0n) is 19.5. The Morgan fingerprint density at radius 2 is 2.00 bits per heavy atom. The smallest absolute Gasteiger partial charge is 0.311 e. The van der Waals surface area contributed by atoms with Crippen molar-refractivity contribution in [2.24, 2.45) is 0 Å². The van der Waals surface area contributed by atoms with Gasteiger partial charge in [0.1, 0.15) is 11.4 Å². The number of ether oxygens (including phenoxy) is 2. The monoisotopic (exact) mass is 505 g/mol. The third-order valence-corrected chi connectivity index (χ3v) is 6.82. The minimum Gasteiger partial charge on any atom is -0.420 e. The number of amides is 2. The van der Waals surface area contributed by atoms with E-state index in [-0.39, 0.29) is 40.9 Å². The molecule has 35 heavy (non-hydrogen) atoms. The van der Waals surface area contributed by atoms with Crippen molar-refractivity contribution in [3.63, 3.8) is 0 Å². The van der Waals surface area contributed by atoms with Crippen LogP contribution in [0.4, 0.5) is 4.39 Å². The molecule has 0 unspecified atom stereocenters. The van der Waals surface area contributed by atoms with Crippen LogP contribution in [0.2, 0.25) is 5.02 Å². The Labute approximate surface area is 205 Å². The number of hydrogen-bond acceptors (Lipinski definition) is 6. The lowest BCUT2D eigenvalue weighted by Crippen LogP contribution is -2.61. The summed E-state index contributed by atoms with van der Waals surface area (Å²) in [4.78, 5) is 53.1. The number of nitrogens with zero attached hydrogens (tertiary/aromatic N) is 2. The van der Waals surface area contributed by atoms with E-state index in [4.69, 9.17) is 21.1 Å². The normalized spacial score (nSPS) is 20.9. The van der Waals surface area contributed by atoms with Gasteiger partial charge in [-0.1, -0.05) is 30.7 Å². The Balaban J connectivity index is 1.79. The molecule has 1 saturated carbocycles. The number of rotatable bonds is 6. The molecule has 0 bridgehead atoms. The van der Waals surface area contributed by atoms with E-state index in [9.17, 15) is 23.6 Å². The number of carbonyl (C=O) groups is 3. The first-order valence-corrected chi connectivity index (χ1v) is 11.5. The summed E-state index contributed by atoms with van der Waals surface area (Å²) in [6.45, 7) is 1.65. The molecule has 11 heteroatoms. The van der Waals surface area contributed by atoms with Crippen molar-refractivity contribution in [2.75, 3.05) is 20.7 Å². The van der Waals surface area contributed by atoms with Crippen LogP contribution in [0.15, 0.2) is 29.2 Å². The first-order chi connectivity index (χ1) is 16.6. The predicted octanol–water partition coefficient (Wildman–Crippen LogP) is 2.48. The maximum atomic E-state index is 14.2. The van der Waals surface area contributed by atoms with Gasteiger partial charge in [0.2, 0.25) is 11.2 Å². The van der Waals surface area contributed by atoms with Crippen LogP contribution in [-0.4, -0.2) is 54.1 Å². The van der Waals surface area contributed by atoms with Crippen LogP contribution in [0.1, 0.15) is 52.6 Å². The van der Waals surface area contributed by atoms with E-state index in [1.807, 2.05) is 0 Å². The van der Waals surface area contributed by atoms with Crippen LogP contribution < -0.4 is 15.5 Å². The van der Waals surface area contributed by atoms with Gasteiger partial charge in [-0.15, -0.1) is 0 Å². The molecule has 0 atom stereocenters. The summed E-state index contributed by atoms with van der Waals surface area (Å²) >= 11 is 5.80. The zero-order chi connectivity index (χ0) is 25.5. The lowest BCUT2D eigenvalue weighted by atomic mass is 9.72. The number of hydrogen-bond donors (Lipinski definition) is 1. The summed E-state index contributed by atoms with van der Waals surface area (Å²) in [6.07, 6.45) is 2.29. The molecule has 1 aliphatic carbocycles. The van der Waals surface area contributed by atoms with Gasteiger partial charge in [0.05, 0.1) is 16.7 Å². The van der Waals surface area contributed by atoms with Crippen LogP contribution in [0.25, 0.3) is 0 Å². The van der Waals surface area contributed by atoms with E-state index in [2.05, 4.69) is 5.32 Å². The largest absolute Gasteiger partial charge is 0.420 e. The highest BCUT2D eigenvalue weighted by Crippen LogP contribution is 2.45. The van der Waals surface area contributed by atoms with Gasteiger partial charge in [0.15, 0.2) is 5.69 Å². The maximum Gasteiger partial charge on any atom is 0.311 e. The van der Waals surface area contributed by atoms with E-state index >= 15 is 0 Å². The van der Waals surface area contributed by atoms with E-state index in [0.717, 1.165) is 0 Å². The Kier molecular flexibility index (Phi) is 6.70. The van der Waals surface area contributed by atoms with Crippen LogP contribution >= 0.6 is 11.6 Å². The second kappa shape index (κ2) is 9.43. The van der Waals surface area contributed by atoms with Crippen molar-refractivity contribution >= 4 is 29.4 Å². The Morgan fingerprint density at radius 1 is 1.29 bits per heavy atom. The molecule has 1 N–H and O–H groups in total. The van der Waals surface area contributed by atoms with Gasteiger partial charge < -0.3 is 24.3 Å². The second-order valence-corrected chi connectivity index (χ2v) is 9.20. The van der Waals surface area contributed by atoms with Gasteiger partial charge in [-0.2, -0.15) is 0 Å². The minimum absolute atomic E-state index is 0.0374. The van der Waals surface area contributed by atoms with Gasteiger partial charge in [-0.05, 0) is 18.9 Å². The molecule has 186 valence electrons. The fraction of sp³-hybridized carbons (Fsp3) is 0.417. The molecule has 1 fully saturated rings. The summed E-state index contributed by atoms with van der Waals surface area (Å²) in [5.74, 6) is -3.19. The number of esters is 1. The predicted molar refractivity (Wildman–Crippen MR) is 124 cm³/mol. The lowest BCUT2D eigenvalue weighted by Gasteiger charge is -2.53. The number of aromatic nitrogens is 1.